The average Bonchev–Trinajstić information content (AvgIpc) is 2.86. The number of aromatic nitrogens is 2. The number of nitrogens with one attached hydrogen (secondary N) is 1. The minimum atomic E-state index is -0.554. The highest BCUT2D eigenvalue weighted by molar-refractivity contribution is 6.33. The van der Waals surface area contributed by atoms with Gasteiger partial charge in [-0.2, -0.15) is 5.10 Å². The van der Waals surface area contributed by atoms with E-state index in [4.69, 9.17) is 23.2 Å². The molecule has 0 saturated heterocycles. The molecule has 1 atom stereocenters. The first-order valence-electron chi connectivity index (χ1n) is 6.29. The van der Waals surface area contributed by atoms with Crippen molar-refractivity contribution in [3.63, 3.8) is 0 Å². The van der Waals surface area contributed by atoms with E-state index in [1.165, 1.54) is 24.4 Å². The Morgan fingerprint density at radius 3 is 2.82 bits per heavy atom. The number of nitro benzene ring substituents is 1. The van der Waals surface area contributed by atoms with Gasteiger partial charge in [0.05, 0.1) is 39.3 Å². The quantitative estimate of drug-likeness (QED) is 0.666. The summed E-state index contributed by atoms with van der Waals surface area (Å²) >= 11 is 11.7. The monoisotopic (exact) mass is 342 g/mol. The maximum atomic E-state index is 12.1. The normalized spacial score (nSPS) is 12.0. The van der Waals surface area contributed by atoms with Crippen LogP contribution >= 0.6 is 23.2 Å². The minimum Gasteiger partial charge on any atom is -0.324 e. The smallest absolute Gasteiger partial charge is 0.271 e. The largest absolute Gasteiger partial charge is 0.324 e. The predicted octanol–water partition coefficient (Wildman–Crippen LogP) is 3.37. The Morgan fingerprint density at radius 1 is 1.50 bits per heavy atom. The molecule has 0 spiro atoms. The Bertz CT molecular complexity index is 717. The van der Waals surface area contributed by atoms with E-state index in [0.717, 1.165) is 0 Å². The molecule has 1 unspecified atom stereocenters. The molecule has 1 heterocycles. The lowest BCUT2D eigenvalue weighted by molar-refractivity contribution is -0.384. The van der Waals surface area contributed by atoms with Crippen molar-refractivity contribution < 1.29 is 9.72 Å². The van der Waals surface area contributed by atoms with Crippen LogP contribution < -0.4 is 5.32 Å². The van der Waals surface area contributed by atoms with E-state index in [2.05, 4.69) is 10.4 Å². The molecular formula is C13H12Cl2N4O3. The van der Waals surface area contributed by atoms with Crippen molar-refractivity contribution in [1.82, 2.24) is 9.78 Å². The van der Waals surface area contributed by atoms with Crippen molar-refractivity contribution in [1.29, 1.82) is 0 Å². The zero-order valence-corrected chi connectivity index (χ0v) is 13.0. The lowest BCUT2D eigenvalue weighted by atomic mass is 10.1. The molecule has 0 aliphatic carbocycles. The van der Waals surface area contributed by atoms with Crippen molar-refractivity contribution in [2.45, 2.75) is 13.5 Å². The lowest BCUT2D eigenvalue weighted by Gasteiger charge is -2.13. The molecule has 1 N–H and O–H groups in total. The van der Waals surface area contributed by atoms with E-state index in [9.17, 15) is 14.9 Å². The molecule has 0 radical (unpaired) electrons. The highest BCUT2D eigenvalue weighted by Gasteiger charge is 2.17. The minimum absolute atomic E-state index is 0.147. The van der Waals surface area contributed by atoms with E-state index >= 15 is 0 Å². The molecule has 0 aliphatic rings. The summed E-state index contributed by atoms with van der Waals surface area (Å²) in [5.41, 5.74) is 0.0532. The maximum Gasteiger partial charge on any atom is 0.271 e. The number of amides is 1. The molecule has 1 amide bonds. The van der Waals surface area contributed by atoms with Gasteiger partial charge in [-0.25, -0.2) is 0 Å². The fourth-order valence-corrected chi connectivity index (χ4v) is 2.10. The number of rotatable bonds is 5. The van der Waals surface area contributed by atoms with Crippen molar-refractivity contribution in [3.05, 3.63) is 50.8 Å². The fourth-order valence-electron chi connectivity index (χ4n) is 1.78. The number of non-ortho nitro benzene ring substituents is 1. The van der Waals surface area contributed by atoms with Gasteiger partial charge in [0.2, 0.25) is 5.91 Å². The molecule has 0 aliphatic heterocycles. The number of halogens is 2. The molecule has 0 fully saturated rings. The Balaban J connectivity index is 2.07. The third kappa shape index (κ3) is 3.96. The number of carbonyl (C=O) groups excluding carboxylic acids is 1. The number of hydrogen-bond donors (Lipinski definition) is 1. The van der Waals surface area contributed by atoms with Crippen LogP contribution in [0, 0.1) is 16.0 Å². The van der Waals surface area contributed by atoms with E-state index in [1.54, 1.807) is 17.8 Å². The molecule has 0 saturated carbocycles. The van der Waals surface area contributed by atoms with Crippen LogP contribution in [0.25, 0.3) is 0 Å². The van der Waals surface area contributed by atoms with Crippen molar-refractivity contribution in [2.24, 2.45) is 5.92 Å². The summed E-state index contributed by atoms with van der Waals surface area (Å²) in [5, 5.41) is 18.0. The van der Waals surface area contributed by atoms with Gasteiger partial charge in [-0.3, -0.25) is 19.6 Å². The average molecular weight is 343 g/mol. The van der Waals surface area contributed by atoms with E-state index in [0.29, 0.717) is 11.6 Å². The van der Waals surface area contributed by atoms with Gasteiger partial charge in [-0.05, 0) is 6.07 Å². The topological polar surface area (TPSA) is 90.1 Å². The van der Waals surface area contributed by atoms with Gasteiger partial charge >= 0.3 is 0 Å². The third-order valence-corrected chi connectivity index (χ3v) is 3.45. The Morgan fingerprint density at radius 2 is 2.23 bits per heavy atom. The van der Waals surface area contributed by atoms with E-state index < -0.39 is 10.8 Å². The summed E-state index contributed by atoms with van der Waals surface area (Å²) in [5.74, 6) is -0.750. The van der Waals surface area contributed by atoms with Crippen LogP contribution in [0.15, 0.2) is 30.6 Å². The van der Waals surface area contributed by atoms with Gasteiger partial charge in [0, 0.05) is 18.3 Å². The molecule has 116 valence electrons. The summed E-state index contributed by atoms with van der Waals surface area (Å²) in [4.78, 5) is 22.3. The van der Waals surface area contributed by atoms with Gasteiger partial charge in [-0.1, -0.05) is 30.1 Å². The van der Waals surface area contributed by atoms with Crippen LogP contribution in [0.4, 0.5) is 11.4 Å². The molecular weight excluding hydrogens is 331 g/mol. The van der Waals surface area contributed by atoms with Gasteiger partial charge in [0.15, 0.2) is 0 Å². The molecule has 7 nitrogen and oxygen atoms in total. The van der Waals surface area contributed by atoms with Gasteiger partial charge in [0.1, 0.15) is 0 Å². The molecule has 1 aromatic heterocycles. The van der Waals surface area contributed by atoms with Crippen LogP contribution in [-0.2, 0) is 11.3 Å². The summed E-state index contributed by atoms with van der Waals surface area (Å²) < 4.78 is 1.54. The number of anilines is 1. The van der Waals surface area contributed by atoms with Crippen LogP contribution in [0.5, 0.6) is 0 Å². The van der Waals surface area contributed by atoms with Crippen molar-refractivity contribution in [3.8, 4) is 0 Å². The Hall–Kier alpha value is -2.12. The second-order valence-corrected chi connectivity index (χ2v) is 5.54. The standard InChI is InChI=1S/C13H12Cl2N4O3/c1-8(6-18-7-9(14)5-16-18)13(20)17-12-4-10(19(21)22)2-3-11(12)15/h2-5,7-8H,6H2,1H3,(H,17,20). The van der Waals surface area contributed by atoms with Gasteiger partial charge < -0.3 is 5.32 Å². The van der Waals surface area contributed by atoms with Crippen LogP contribution in [0.2, 0.25) is 10.0 Å². The van der Waals surface area contributed by atoms with Gasteiger partial charge in [-0.15, -0.1) is 0 Å². The predicted molar refractivity (Wildman–Crippen MR) is 83.1 cm³/mol. The van der Waals surface area contributed by atoms with Crippen LogP contribution in [0.3, 0.4) is 0 Å². The van der Waals surface area contributed by atoms with Crippen molar-refractivity contribution in [2.75, 3.05) is 5.32 Å². The highest BCUT2D eigenvalue weighted by atomic mass is 35.5. The molecule has 0 bridgehead atoms. The summed E-state index contributed by atoms with van der Waals surface area (Å²) in [6, 6.07) is 3.86. The molecule has 2 aromatic rings. The Kier molecular flexibility index (Phi) is 4.99. The molecule has 9 heteroatoms. The molecule has 22 heavy (non-hydrogen) atoms. The number of hydrogen-bond acceptors (Lipinski definition) is 4. The number of carbonyl (C=O) groups is 1. The first-order valence-corrected chi connectivity index (χ1v) is 7.05. The fraction of sp³-hybridized carbons (Fsp3) is 0.231. The maximum absolute atomic E-state index is 12.1. The second kappa shape index (κ2) is 6.76. The van der Waals surface area contributed by atoms with Crippen LogP contribution in [0.1, 0.15) is 6.92 Å². The van der Waals surface area contributed by atoms with Crippen LogP contribution in [-0.4, -0.2) is 20.6 Å². The zero-order valence-electron chi connectivity index (χ0n) is 11.5. The highest BCUT2D eigenvalue weighted by Crippen LogP contribution is 2.27. The first kappa shape index (κ1) is 16.3. The SMILES string of the molecule is CC(Cn1cc(Cl)cn1)C(=O)Nc1cc([N+](=O)[O-])ccc1Cl. The van der Waals surface area contributed by atoms with E-state index in [-0.39, 0.29) is 22.3 Å². The number of nitro groups is 1. The summed E-state index contributed by atoms with van der Waals surface area (Å²) in [7, 11) is 0. The number of benzene rings is 1. The second-order valence-electron chi connectivity index (χ2n) is 4.69. The zero-order chi connectivity index (χ0) is 16.3. The van der Waals surface area contributed by atoms with Crippen molar-refractivity contribution >= 4 is 40.5 Å². The summed E-state index contributed by atoms with van der Waals surface area (Å²) in [6.45, 7) is 2.03. The van der Waals surface area contributed by atoms with Gasteiger partial charge in [0.25, 0.3) is 5.69 Å². The first-order chi connectivity index (χ1) is 10.4. The molecule has 1 aromatic carbocycles. The third-order valence-electron chi connectivity index (χ3n) is 2.93. The van der Waals surface area contributed by atoms with E-state index in [1.807, 2.05) is 0 Å². The Labute approximate surface area is 136 Å². The molecule has 2 rings (SSSR count). The number of nitrogens with zero attached hydrogens (tertiary/aromatic N) is 3. The summed E-state index contributed by atoms with van der Waals surface area (Å²) in [6.07, 6.45) is 3.08. The lowest BCUT2D eigenvalue weighted by Crippen LogP contribution is -2.24.